The Kier molecular flexibility index (Phi) is 5.44. The Morgan fingerprint density at radius 1 is 1.50 bits per heavy atom. The van der Waals surface area contributed by atoms with Crippen molar-refractivity contribution in [3.05, 3.63) is 0 Å². The Morgan fingerprint density at radius 2 is 2.30 bits per heavy atom. The van der Waals surface area contributed by atoms with Gasteiger partial charge in [0, 0.05) is 26.2 Å². The average molecular weight is 282 g/mol. The molecule has 0 saturated carbocycles. The van der Waals surface area contributed by atoms with Crippen LogP contribution in [-0.4, -0.2) is 49.7 Å². The number of nitrogens with one attached hydrogen (secondary N) is 1. The summed E-state index contributed by atoms with van der Waals surface area (Å²) in [5.74, 6) is 0.740. The molecule has 4 heteroatoms. The number of carbonyl (C=O) groups is 1. The molecule has 2 rings (SSSR count). The summed E-state index contributed by atoms with van der Waals surface area (Å²) in [5.41, 5.74) is -0.188. The van der Waals surface area contributed by atoms with E-state index in [9.17, 15) is 4.79 Å². The van der Waals surface area contributed by atoms with Crippen LogP contribution < -0.4 is 5.32 Å². The van der Waals surface area contributed by atoms with Gasteiger partial charge in [0.2, 0.25) is 5.91 Å². The lowest BCUT2D eigenvalue weighted by molar-refractivity contribution is -0.148. The zero-order valence-corrected chi connectivity index (χ0v) is 13.3. The number of likely N-dealkylation sites (tertiary alicyclic amines) is 1. The van der Waals surface area contributed by atoms with Gasteiger partial charge in [0.05, 0.1) is 11.5 Å². The van der Waals surface area contributed by atoms with E-state index in [1.807, 2.05) is 0 Å². The predicted molar refractivity (Wildman–Crippen MR) is 80.6 cm³/mol. The van der Waals surface area contributed by atoms with Gasteiger partial charge < -0.3 is 15.0 Å². The van der Waals surface area contributed by atoms with Gasteiger partial charge in [-0.15, -0.1) is 0 Å². The number of carbonyl (C=O) groups excluding carboxylic acids is 1. The molecule has 116 valence electrons. The third kappa shape index (κ3) is 3.17. The van der Waals surface area contributed by atoms with Crippen LogP contribution in [0.25, 0.3) is 0 Å². The molecular weight excluding hydrogens is 252 g/mol. The number of piperidine rings is 1. The van der Waals surface area contributed by atoms with Gasteiger partial charge in [-0.25, -0.2) is 0 Å². The van der Waals surface area contributed by atoms with E-state index in [2.05, 4.69) is 31.0 Å². The van der Waals surface area contributed by atoms with Crippen molar-refractivity contribution in [2.24, 2.45) is 11.3 Å². The molecule has 0 radical (unpaired) electrons. The molecule has 0 spiro atoms. The molecule has 2 aliphatic heterocycles. The van der Waals surface area contributed by atoms with Crippen molar-refractivity contribution in [3.8, 4) is 0 Å². The Balaban J connectivity index is 2.00. The molecule has 0 aromatic carbocycles. The molecule has 1 amide bonds. The fraction of sp³-hybridized carbons (Fsp3) is 0.938. The number of nitrogens with zero attached hydrogens (tertiary/aromatic N) is 1. The van der Waals surface area contributed by atoms with Gasteiger partial charge in [-0.3, -0.25) is 4.79 Å². The summed E-state index contributed by atoms with van der Waals surface area (Å²) in [6.07, 6.45) is 4.43. The molecule has 0 bridgehead atoms. The molecule has 4 nitrogen and oxygen atoms in total. The molecule has 2 saturated heterocycles. The smallest absolute Gasteiger partial charge is 0.230 e. The maximum atomic E-state index is 13.0. The van der Waals surface area contributed by atoms with Crippen molar-refractivity contribution >= 4 is 5.91 Å². The van der Waals surface area contributed by atoms with E-state index in [4.69, 9.17) is 4.74 Å². The monoisotopic (exact) mass is 282 g/mol. The van der Waals surface area contributed by atoms with Crippen LogP contribution >= 0.6 is 0 Å². The second kappa shape index (κ2) is 6.90. The molecule has 2 heterocycles. The summed E-state index contributed by atoms with van der Waals surface area (Å²) in [6.45, 7) is 10.8. The SMILES string of the molecule is CCCOC1CCCN(C(=O)C2(C(C)C)CCNC2)C1. The number of hydrogen-bond donors (Lipinski definition) is 1. The van der Waals surface area contributed by atoms with Crippen molar-refractivity contribution < 1.29 is 9.53 Å². The Labute approximate surface area is 123 Å². The molecule has 0 aliphatic carbocycles. The molecule has 2 aliphatic rings. The highest BCUT2D eigenvalue weighted by Gasteiger charge is 2.46. The molecule has 0 aromatic heterocycles. The summed E-state index contributed by atoms with van der Waals surface area (Å²) in [5, 5.41) is 3.38. The fourth-order valence-corrected chi connectivity index (χ4v) is 3.49. The van der Waals surface area contributed by atoms with E-state index in [0.717, 1.165) is 58.5 Å². The van der Waals surface area contributed by atoms with E-state index in [0.29, 0.717) is 11.8 Å². The minimum Gasteiger partial charge on any atom is -0.376 e. The van der Waals surface area contributed by atoms with Crippen LogP contribution in [0.5, 0.6) is 0 Å². The van der Waals surface area contributed by atoms with Crippen LogP contribution in [0, 0.1) is 11.3 Å². The van der Waals surface area contributed by atoms with Crippen molar-refractivity contribution in [2.45, 2.75) is 52.6 Å². The van der Waals surface area contributed by atoms with Gasteiger partial charge in [-0.1, -0.05) is 20.8 Å². The maximum absolute atomic E-state index is 13.0. The third-order valence-electron chi connectivity index (χ3n) is 4.94. The van der Waals surface area contributed by atoms with E-state index in [1.54, 1.807) is 0 Å². The number of rotatable bonds is 5. The standard InChI is InChI=1S/C16H30N2O2/c1-4-10-20-14-6-5-9-18(11-14)15(19)16(13(2)3)7-8-17-12-16/h13-14,17H,4-12H2,1-3H3. The highest BCUT2D eigenvalue weighted by Crippen LogP contribution is 2.37. The van der Waals surface area contributed by atoms with Crippen LogP contribution in [0.2, 0.25) is 0 Å². The lowest BCUT2D eigenvalue weighted by Crippen LogP contribution is -2.52. The highest BCUT2D eigenvalue weighted by molar-refractivity contribution is 5.84. The Bertz CT molecular complexity index is 324. The molecular formula is C16H30N2O2. The zero-order valence-electron chi connectivity index (χ0n) is 13.3. The minimum atomic E-state index is -0.188. The second-order valence-corrected chi connectivity index (χ2v) is 6.62. The summed E-state index contributed by atoms with van der Waals surface area (Å²) in [7, 11) is 0. The van der Waals surface area contributed by atoms with Gasteiger partial charge in [-0.2, -0.15) is 0 Å². The number of amides is 1. The lowest BCUT2D eigenvalue weighted by atomic mass is 9.75. The first-order valence-corrected chi connectivity index (χ1v) is 8.22. The van der Waals surface area contributed by atoms with Gasteiger partial charge in [-0.05, 0) is 38.1 Å². The van der Waals surface area contributed by atoms with Gasteiger partial charge in [0.25, 0.3) is 0 Å². The fourth-order valence-electron chi connectivity index (χ4n) is 3.49. The first kappa shape index (κ1) is 15.8. The second-order valence-electron chi connectivity index (χ2n) is 6.62. The van der Waals surface area contributed by atoms with E-state index >= 15 is 0 Å². The first-order valence-electron chi connectivity index (χ1n) is 8.22. The van der Waals surface area contributed by atoms with Crippen LogP contribution in [0.3, 0.4) is 0 Å². The lowest BCUT2D eigenvalue weighted by Gasteiger charge is -2.40. The van der Waals surface area contributed by atoms with Crippen molar-refractivity contribution in [1.29, 1.82) is 0 Å². The van der Waals surface area contributed by atoms with Crippen molar-refractivity contribution in [2.75, 3.05) is 32.8 Å². The van der Waals surface area contributed by atoms with Crippen molar-refractivity contribution in [1.82, 2.24) is 10.2 Å². The average Bonchev–Trinajstić information content (AvgIpc) is 2.95. The van der Waals surface area contributed by atoms with Crippen LogP contribution in [-0.2, 0) is 9.53 Å². The quantitative estimate of drug-likeness (QED) is 0.839. The van der Waals surface area contributed by atoms with Crippen molar-refractivity contribution in [3.63, 3.8) is 0 Å². The van der Waals surface area contributed by atoms with Gasteiger partial charge in [0.15, 0.2) is 0 Å². The van der Waals surface area contributed by atoms with Crippen LogP contribution in [0.1, 0.15) is 46.5 Å². The van der Waals surface area contributed by atoms with Gasteiger partial charge in [0.1, 0.15) is 0 Å². The third-order valence-corrected chi connectivity index (χ3v) is 4.94. The Morgan fingerprint density at radius 3 is 2.90 bits per heavy atom. The first-order chi connectivity index (χ1) is 9.60. The predicted octanol–water partition coefficient (Wildman–Crippen LogP) is 2.04. The molecule has 2 unspecified atom stereocenters. The van der Waals surface area contributed by atoms with E-state index < -0.39 is 0 Å². The normalized spacial score (nSPS) is 31.0. The van der Waals surface area contributed by atoms with Gasteiger partial charge >= 0.3 is 0 Å². The molecule has 20 heavy (non-hydrogen) atoms. The molecule has 2 fully saturated rings. The minimum absolute atomic E-state index is 0.188. The largest absolute Gasteiger partial charge is 0.376 e. The number of ether oxygens (including phenoxy) is 1. The van der Waals surface area contributed by atoms with E-state index in [1.165, 1.54) is 0 Å². The maximum Gasteiger partial charge on any atom is 0.230 e. The Hall–Kier alpha value is -0.610. The topological polar surface area (TPSA) is 41.6 Å². The molecule has 1 N–H and O–H groups in total. The number of hydrogen-bond acceptors (Lipinski definition) is 3. The van der Waals surface area contributed by atoms with Crippen LogP contribution in [0.4, 0.5) is 0 Å². The summed E-state index contributed by atoms with van der Waals surface area (Å²) < 4.78 is 5.86. The molecule has 2 atom stereocenters. The summed E-state index contributed by atoms with van der Waals surface area (Å²) in [6, 6.07) is 0. The zero-order chi connectivity index (χ0) is 14.6. The van der Waals surface area contributed by atoms with E-state index in [-0.39, 0.29) is 11.5 Å². The summed E-state index contributed by atoms with van der Waals surface area (Å²) in [4.78, 5) is 15.1. The highest BCUT2D eigenvalue weighted by atomic mass is 16.5. The summed E-state index contributed by atoms with van der Waals surface area (Å²) >= 11 is 0. The molecule has 0 aromatic rings. The van der Waals surface area contributed by atoms with Crippen LogP contribution in [0.15, 0.2) is 0 Å².